The third-order valence-electron chi connectivity index (χ3n) is 3.01. The summed E-state index contributed by atoms with van der Waals surface area (Å²) >= 11 is 2.00. The molecule has 0 aliphatic heterocycles. The van der Waals surface area contributed by atoms with E-state index in [0.29, 0.717) is 22.1 Å². The van der Waals surface area contributed by atoms with Gasteiger partial charge in [-0.2, -0.15) is 0 Å². The van der Waals surface area contributed by atoms with Gasteiger partial charge in [-0.15, -0.1) is 0 Å². The van der Waals surface area contributed by atoms with Gasteiger partial charge in [-0.05, 0) is 64.9 Å². The topological polar surface area (TPSA) is 38.3 Å². The largest absolute Gasteiger partial charge is 0.497 e. The molecule has 5 heteroatoms. The lowest BCUT2D eigenvalue weighted by Gasteiger charge is -2.08. The van der Waals surface area contributed by atoms with Gasteiger partial charge >= 0.3 is 0 Å². The maximum atomic E-state index is 13.0. The normalized spacial score (nSPS) is 10.2. The van der Waals surface area contributed by atoms with Crippen molar-refractivity contribution in [1.82, 2.24) is 0 Å². The van der Waals surface area contributed by atoms with E-state index in [0.717, 1.165) is 11.3 Å². The number of carbonyl (C=O) groups excluding carboxylic acids is 1. The first-order valence-electron chi connectivity index (χ1n) is 6.46. The molecule has 0 saturated carbocycles. The number of hydrogen-bond donors (Lipinski definition) is 1. The number of nitrogens with one attached hydrogen (secondary N) is 1. The summed E-state index contributed by atoms with van der Waals surface area (Å²) in [7, 11) is 1.62. The fourth-order valence-electron chi connectivity index (χ4n) is 1.85. The fourth-order valence-corrected chi connectivity index (χ4v) is 2.47. The van der Waals surface area contributed by atoms with Crippen molar-refractivity contribution in [1.29, 1.82) is 0 Å². The monoisotopic (exact) mass is 399 g/mol. The molecule has 0 bridgehead atoms. The van der Waals surface area contributed by atoms with E-state index in [-0.39, 0.29) is 11.7 Å². The van der Waals surface area contributed by atoms with E-state index >= 15 is 0 Å². The van der Waals surface area contributed by atoms with Gasteiger partial charge in [-0.25, -0.2) is 4.39 Å². The zero-order valence-electron chi connectivity index (χ0n) is 11.5. The first-order chi connectivity index (χ1) is 10.1. The van der Waals surface area contributed by atoms with Crippen LogP contribution in [0, 0.1) is 9.39 Å². The van der Waals surface area contributed by atoms with Crippen LogP contribution in [-0.2, 0) is 11.2 Å². The van der Waals surface area contributed by atoms with E-state index in [9.17, 15) is 9.18 Å². The molecule has 0 aliphatic rings. The van der Waals surface area contributed by atoms with E-state index in [1.54, 1.807) is 13.2 Å². The second-order valence-corrected chi connectivity index (χ2v) is 5.68. The highest BCUT2D eigenvalue weighted by Crippen LogP contribution is 2.19. The number of hydrogen-bond acceptors (Lipinski definition) is 2. The van der Waals surface area contributed by atoms with Crippen molar-refractivity contribution in [3.63, 3.8) is 0 Å². The molecule has 0 unspecified atom stereocenters. The van der Waals surface area contributed by atoms with Crippen LogP contribution >= 0.6 is 22.6 Å². The summed E-state index contributed by atoms with van der Waals surface area (Å²) in [5.41, 5.74) is 1.71. The Morgan fingerprint density at radius 1 is 1.24 bits per heavy atom. The number of carbonyl (C=O) groups is 1. The summed E-state index contributed by atoms with van der Waals surface area (Å²) in [5, 5.41) is 2.79. The lowest BCUT2D eigenvalue weighted by atomic mass is 10.1. The van der Waals surface area contributed by atoms with Crippen molar-refractivity contribution in [2.45, 2.75) is 12.8 Å². The molecule has 0 saturated heterocycles. The molecule has 2 rings (SSSR count). The van der Waals surface area contributed by atoms with Crippen molar-refractivity contribution >= 4 is 34.2 Å². The van der Waals surface area contributed by atoms with Crippen LogP contribution in [0.5, 0.6) is 5.75 Å². The summed E-state index contributed by atoms with van der Waals surface area (Å²) in [6.45, 7) is 0. The number of anilines is 1. The van der Waals surface area contributed by atoms with Gasteiger partial charge in [0.2, 0.25) is 5.91 Å². The second-order valence-electron chi connectivity index (χ2n) is 4.52. The Morgan fingerprint density at radius 2 is 1.95 bits per heavy atom. The molecule has 0 atom stereocenters. The van der Waals surface area contributed by atoms with Crippen molar-refractivity contribution < 1.29 is 13.9 Å². The molecule has 0 aromatic heterocycles. The smallest absolute Gasteiger partial charge is 0.224 e. The minimum absolute atomic E-state index is 0.0876. The molecule has 3 nitrogen and oxygen atoms in total. The highest BCUT2D eigenvalue weighted by atomic mass is 127. The van der Waals surface area contributed by atoms with Crippen LogP contribution < -0.4 is 10.1 Å². The molecule has 2 aromatic rings. The molecule has 2 aromatic carbocycles. The van der Waals surface area contributed by atoms with Crippen LogP contribution in [0.1, 0.15) is 12.0 Å². The number of methoxy groups -OCH3 is 1. The van der Waals surface area contributed by atoms with Crippen molar-refractivity contribution in [2.75, 3.05) is 12.4 Å². The van der Waals surface area contributed by atoms with Gasteiger partial charge in [0, 0.05) is 9.99 Å². The third-order valence-corrected chi connectivity index (χ3v) is 3.90. The Bertz CT molecular complexity index is 629. The number of benzene rings is 2. The van der Waals surface area contributed by atoms with Crippen molar-refractivity contribution in [3.8, 4) is 5.75 Å². The second kappa shape index (κ2) is 7.40. The molecular weight excluding hydrogens is 384 g/mol. The molecule has 1 N–H and O–H groups in total. The Morgan fingerprint density at radius 3 is 2.57 bits per heavy atom. The van der Waals surface area contributed by atoms with E-state index < -0.39 is 0 Å². The summed E-state index contributed by atoms with van der Waals surface area (Å²) in [6.07, 6.45) is 1.02. The van der Waals surface area contributed by atoms with E-state index in [4.69, 9.17) is 4.74 Å². The molecule has 0 spiro atoms. The maximum Gasteiger partial charge on any atom is 0.224 e. The molecule has 1 amide bonds. The van der Waals surface area contributed by atoms with Crippen LogP contribution in [0.25, 0.3) is 0 Å². The van der Waals surface area contributed by atoms with Gasteiger partial charge in [0.1, 0.15) is 11.6 Å². The number of ether oxygens (including phenoxy) is 1. The van der Waals surface area contributed by atoms with E-state index in [2.05, 4.69) is 5.32 Å². The Labute approximate surface area is 136 Å². The Kier molecular flexibility index (Phi) is 5.55. The zero-order chi connectivity index (χ0) is 15.2. The summed E-state index contributed by atoms with van der Waals surface area (Å²) in [4.78, 5) is 11.9. The van der Waals surface area contributed by atoms with E-state index in [1.807, 2.05) is 46.9 Å². The number of rotatable bonds is 5. The Hall–Kier alpha value is -1.63. The molecular formula is C16H15FINO2. The van der Waals surface area contributed by atoms with Crippen molar-refractivity contribution in [3.05, 3.63) is 57.4 Å². The van der Waals surface area contributed by atoms with Gasteiger partial charge in [0.05, 0.1) is 12.8 Å². The average Bonchev–Trinajstić information content (AvgIpc) is 2.48. The third kappa shape index (κ3) is 4.70. The average molecular weight is 399 g/mol. The van der Waals surface area contributed by atoms with E-state index in [1.165, 1.54) is 12.1 Å². The van der Waals surface area contributed by atoms with Gasteiger partial charge in [0.15, 0.2) is 0 Å². The summed E-state index contributed by atoms with van der Waals surface area (Å²) < 4.78 is 18.8. The van der Waals surface area contributed by atoms with Gasteiger partial charge in [0.25, 0.3) is 0 Å². The number of aryl methyl sites for hydroxylation is 1. The van der Waals surface area contributed by atoms with Crippen molar-refractivity contribution in [2.24, 2.45) is 0 Å². The van der Waals surface area contributed by atoms with Crippen LogP contribution in [0.4, 0.5) is 10.1 Å². The molecule has 21 heavy (non-hydrogen) atoms. The quantitative estimate of drug-likeness (QED) is 0.772. The van der Waals surface area contributed by atoms with Gasteiger partial charge in [-0.1, -0.05) is 12.1 Å². The van der Waals surface area contributed by atoms with Crippen LogP contribution in [0.15, 0.2) is 42.5 Å². The fraction of sp³-hybridized carbons (Fsp3) is 0.188. The Balaban J connectivity index is 1.89. The predicted octanol–water partition coefficient (Wildman–Crippen LogP) is 4.01. The number of amides is 1. The first-order valence-corrected chi connectivity index (χ1v) is 7.54. The molecule has 0 aliphatic carbocycles. The highest BCUT2D eigenvalue weighted by Gasteiger charge is 2.07. The highest BCUT2D eigenvalue weighted by molar-refractivity contribution is 14.1. The lowest BCUT2D eigenvalue weighted by Crippen LogP contribution is -2.13. The van der Waals surface area contributed by atoms with Gasteiger partial charge in [-0.3, -0.25) is 4.79 Å². The molecule has 0 radical (unpaired) electrons. The van der Waals surface area contributed by atoms with Crippen LogP contribution in [-0.4, -0.2) is 13.0 Å². The predicted molar refractivity (Wildman–Crippen MR) is 89.1 cm³/mol. The minimum atomic E-state index is -0.310. The lowest BCUT2D eigenvalue weighted by molar-refractivity contribution is -0.116. The molecule has 0 heterocycles. The van der Waals surface area contributed by atoms with Crippen LogP contribution in [0.3, 0.4) is 0 Å². The summed E-state index contributed by atoms with van der Waals surface area (Å²) in [6, 6.07) is 11.9. The first kappa shape index (κ1) is 15.8. The van der Waals surface area contributed by atoms with Gasteiger partial charge < -0.3 is 10.1 Å². The zero-order valence-corrected chi connectivity index (χ0v) is 13.7. The van der Waals surface area contributed by atoms with Crippen LogP contribution in [0.2, 0.25) is 0 Å². The minimum Gasteiger partial charge on any atom is -0.497 e. The SMILES string of the molecule is COc1ccc(CCC(=O)Nc2ccc(F)cc2I)cc1. The molecule has 0 fully saturated rings. The standard InChI is InChI=1S/C16H15FINO2/c1-21-13-6-2-11(3-7-13)4-9-16(20)19-15-8-5-12(17)10-14(15)18/h2-3,5-8,10H,4,9H2,1H3,(H,19,20). The maximum absolute atomic E-state index is 13.0. The number of halogens is 2. The summed E-state index contributed by atoms with van der Waals surface area (Å²) in [5.74, 6) is 0.398. The molecule has 110 valence electrons.